The van der Waals surface area contributed by atoms with Crippen molar-refractivity contribution in [3.63, 3.8) is 0 Å². The van der Waals surface area contributed by atoms with E-state index in [2.05, 4.69) is 29.8 Å². The minimum absolute atomic E-state index is 0.0426. The van der Waals surface area contributed by atoms with Crippen molar-refractivity contribution in [2.45, 2.75) is 58.4 Å². The molecule has 9 heteroatoms. The summed E-state index contributed by atoms with van der Waals surface area (Å²) in [7, 11) is 0. The number of carbonyl (C=O) groups is 3. The smallest absolute Gasteiger partial charge is 0.329 e. The van der Waals surface area contributed by atoms with Crippen molar-refractivity contribution in [2.24, 2.45) is 0 Å². The summed E-state index contributed by atoms with van der Waals surface area (Å²) < 4.78 is 0.806. The lowest BCUT2D eigenvalue weighted by Gasteiger charge is -2.42. The van der Waals surface area contributed by atoms with E-state index in [-0.39, 0.29) is 25.7 Å². The monoisotopic (exact) mass is 586 g/mol. The molecule has 1 heterocycles. The number of unbranched alkanes of at least 4 members (excludes halogenated alkanes) is 4. The number of carboxylic acid groups (broad SMARTS) is 1. The Bertz CT molecular complexity index is 1060. The van der Waals surface area contributed by atoms with Crippen LogP contribution in [0.15, 0.2) is 59.1 Å². The van der Waals surface area contributed by atoms with Crippen LogP contribution < -0.4 is 4.90 Å². The third kappa shape index (κ3) is 7.72. The molecule has 2 aromatic carbocycles. The lowest BCUT2D eigenvalue weighted by atomic mass is 10.1. The summed E-state index contributed by atoms with van der Waals surface area (Å²) in [6.07, 6.45) is 6.07. The Morgan fingerprint density at radius 1 is 0.868 bits per heavy atom. The molecule has 1 aliphatic rings. The first-order valence-corrected chi connectivity index (χ1v) is 14.3. The molecular formula is C29H39BrN4O4. The van der Waals surface area contributed by atoms with E-state index < -0.39 is 18.0 Å². The third-order valence-corrected chi connectivity index (χ3v) is 7.28. The van der Waals surface area contributed by atoms with Gasteiger partial charge in [-0.25, -0.2) is 14.4 Å². The van der Waals surface area contributed by atoms with Gasteiger partial charge in [-0.15, -0.1) is 0 Å². The predicted octanol–water partition coefficient (Wildman–Crippen LogP) is 6.58. The number of nitrogens with zero attached hydrogens (tertiary/aromatic N) is 4. The summed E-state index contributed by atoms with van der Waals surface area (Å²) in [6, 6.07) is 14.8. The number of anilines is 2. The maximum atomic E-state index is 13.9. The van der Waals surface area contributed by atoms with Gasteiger partial charge in [0.2, 0.25) is 0 Å². The van der Waals surface area contributed by atoms with Crippen molar-refractivity contribution in [3.05, 3.63) is 59.1 Å². The molecule has 1 fully saturated rings. The van der Waals surface area contributed by atoms with Gasteiger partial charge in [0.1, 0.15) is 6.04 Å². The van der Waals surface area contributed by atoms with Crippen LogP contribution in [-0.4, -0.2) is 76.6 Å². The first kappa shape index (κ1) is 29.5. The first-order valence-electron chi connectivity index (χ1n) is 13.5. The molecule has 8 nitrogen and oxygen atoms in total. The van der Waals surface area contributed by atoms with E-state index in [4.69, 9.17) is 0 Å². The highest BCUT2D eigenvalue weighted by Gasteiger charge is 2.40. The van der Waals surface area contributed by atoms with Gasteiger partial charge in [0.15, 0.2) is 0 Å². The molecule has 3 rings (SSSR count). The Balaban J connectivity index is 1.82. The minimum atomic E-state index is -1.15. The molecule has 0 radical (unpaired) electrons. The molecule has 0 bridgehead atoms. The van der Waals surface area contributed by atoms with Gasteiger partial charge < -0.3 is 19.8 Å². The molecule has 0 aliphatic carbocycles. The zero-order chi connectivity index (χ0) is 27.5. The van der Waals surface area contributed by atoms with Crippen LogP contribution in [-0.2, 0) is 4.79 Å². The summed E-state index contributed by atoms with van der Waals surface area (Å²) in [4.78, 5) is 46.2. The highest BCUT2D eigenvalue weighted by atomic mass is 79.9. The number of carbonyl (C=O) groups excluding carboxylic acids is 2. The molecule has 0 spiro atoms. The number of piperazine rings is 1. The maximum Gasteiger partial charge on any atom is 0.329 e. The van der Waals surface area contributed by atoms with Crippen molar-refractivity contribution in [3.8, 4) is 0 Å². The van der Waals surface area contributed by atoms with E-state index in [1.165, 1.54) is 9.80 Å². The van der Waals surface area contributed by atoms with Crippen molar-refractivity contribution in [2.75, 3.05) is 37.6 Å². The second-order valence-corrected chi connectivity index (χ2v) is 10.5. The highest BCUT2D eigenvalue weighted by molar-refractivity contribution is 9.10. The fourth-order valence-corrected chi connectivity index (χ4v) is 5.08. The Kier molecular flexibility index (Phi) is 11.5. The van der Waals surface area contributed by atoms with E-state index in [1.807, 2.05) is 59.5 Å². The maximum absolute atomic E-state index is 13.9. The fraction of sp³-hybridized carbons (Fsp3) is 0.483. The third-order valence-electron chi connectivity index (χ3n) is 6.79. The molecule has 0 saturated carbocycles. The van der Waals surface area contributed by atoms with Crippen molar-refractivity contribution >= 4 is 45.3 Å². The van der Waals surface area contributed by atoms with E-state index in [1.54, 1.807) is 4.90 Å². The van der Waals surface area contributed by atoms with Crippen LogP contribution >= 0.6 is 15.9 Å². The molecular weight excluding hydrogens is 548 g/mol. The number of hydrogen-bond donors (Lipinski definition) is 1. The number of benzene rings is 2. The number of amides is 4. The molecule has 1 aliphatic heterocycles. The number of urea groups is 2. The van der Waals surface area contributed by atoms with E-state index in [9.17, 15) is 19.5 Å². The summed E-state index contributed by atoms with van der Waals surface area (Å²) in [6.45, 7) is 5.97. The van der Waals surface area contributed by atoms with E-state index >= 15 is 0 Å². The van der Waals surface area contributed by atoms with Crippen molar-refractivity contribution < 1.29 is 19.5 Å². The summed E-state index contributed by atoms with van der Waals surface area (Å²) in [5.74, 6) is -1.12. The first-order chi connectivity index (χ1) is 18.4. The molecule has 0 aromatic heterocycles. The van der Waals surface area contributed by atoms with Crippen LogP contribution in [0.1, 0.15) is 52.4 Å². The van der Waals surface area contributed by atoms with Gasteiger partial charge in [0.25, 0.3) is 0 Å². The molecule has 1 N–H and O–H groups in total. The second-order valence-electron chi connectivity index (χ2n) is 9.61. The number of carboxylic acids is 1. The largest absolute Gasteiger partial charge is 0.480 e. The Hall–Kier alpha value is -3.07. The normalized spacial score (nSPS) is 15.3. The van der Waals surface area contributed by atoms with Gasteiger partial charge in [0, 0.05) is 30.7 Å². The molecule has 1 saturated heterocycles. The van der Waals surface area contributed by atoms with E-state index in [0.29, 0.717) is 24.5 Å². The van der Waals surface area contributed by atoms with Gasteiger partial charge in [-0.1, -0.05) is 79.7 Å². The van der Waals surface area contributed by atoms with Gasteiger partial charge in [-0.05, 0) is 43.2 Å². The van der Waals surface area contributed by atoms with Crippen molar-refractivity contribution in [1.82, 2.24) is 14.7 Å². The van der Waals surface area contributed by atoms with Crippen LogP contribution in [0.4, 0.5) is 21.0 Å². The van der Waals surface area contributed by atoms with Crippen molar-refractivity contribution in [1.29, 1.82) is 0 Å². The van der Waals surface area contributed by atoms with Gasteiger partial charge in [0.05, 0.1) is 17.9 Å². The molecule has 2 aromatic rings. The van der Waals surface area contributed by atoms with Gasteiger partial charge in [-0.3, -0.25) is 4.90 Å². The number of para-hydroxylation sites is 1. The molecule has 0 unspecified atom stereocenters. The Labute approximate surface area is 234 Å². The summed E-state index contributed by atoms with van der Waals surface area (Å²) in [5, 5.41) is 10.1. The average Bonchev–Trinajstić information content (AvgIpc) is 2.92. The quantitative estimate of drug-likeness (QED) is 0.301. The second kappa shape index (κ2) is 14.8. The number of hydrogen-bond acceptors (Lipinski definition) is 3. The molecule has 206 valence electrons. The Morgan fingerprint density at radius 2 is 1.50 bits per heavy atom. The topological polar surface area (TPSA) is 84.4 Å². The SMILES string of the molecule is CCCCCN(CCCCC)C(=O)N1CCN(C(=O)N(c2ccccc2)c2cccc(Br)c2)[C@H](C(=O)O)C1. The zero-order valence-electron chi connectivity index (χ0n) is 22.4. The standard InChI is InChI=1S/C29H39BrN4O4/c1-3-5-10-17-31(18-11-6-4-2)28(37)32-19-20-33(26(22-32)27(35)36)29(38)34(24-14-8-7-9-15-24)25-16-12-13-23(30)21-25/h7-9,12-16,21,26H,3-6,10-11,17-20,22H2,1-2H3,(H,35,36)/t26-/m0/s1. The van der Waals surface area contributed by atoms with Crippen LogP contribution in [0.25, 0.3) is 0 Å². The van der Waals surface area contributed by atoms with Gasteiger partial charge >= 0.3 is 18.0 Å². The molecule has 38 heavy (non-hydrogen) atoms. The molecule has 1 atom stereocenters. The predicted molar refractivity (Wildman–Crippen MR) is 154 cm³/mol. The van der Waals surface area contributed by atoms with Crippen LogP contribution in [0.5, 0.6) is 0 Å². The van der Waals surface area contributed by atoms with Gasteiger partial charge in [-0.2, -0.15) is 0 Å². The number of rotatable bonds is 11. The fourth-order valence-electron chi connectivity index (χ4n) is 4.70. The lowest BCUT2D eigenvalue weighted by Crippen LogP contribution is -2.62. The average molecular weight is 588 g/mol. The number of halogens is 1. The number of aliphatic carboxylic acids is 1. The highest BCUT2D eigenvalue weighted by Crippen LogP contribution is 2.30. The van der Waals surface area contributed by atoms with Crippen LogP contribution in [0.2, 0.25) is 0 Å². The summed E-state index contributed by atoms with van der Waals surface area (Å²) >= 11 is 3.47. The minimum Gasteiger partial charge on any atom is -0.480 e. The lowest BCUT2D eigenvalue weighted by molar-refractivity contribution is -0.143. The van der Waals surface area contributed by atoms with Crippen LogP contribution in [0, 0.1) is 0 Å². The molecule has 4 amide bonds. The van der Waals surface area contributed by atoms with E-state index in [0.717, 1.165) is 43.0 Å². The van der Waals surface area contributed by atoms with Crippen LogP contribution in [0.3, 0.4) is 0 Å². The zero-order valence-corrected chi connectivity index (χ0v) is 24.0. The summed E-state index contributed by atoms with van der Waals surface area (Å²) in [5.41, 5.74) is 1.26. The Morgan fingerprint density at radius 3 is 2.08 bits per heavy atom.